The van der Waals surface area contributed by atoms with E-state index in [0.717, 1.165) is 17.7 Å². The molecule has 0 aromatic heterocycles. The van der Waals surface area contributed by atoms with Crippen LogP contribution in [0.2, 0.25) is 0 Å². The fraction of sp³-hybridized carbons (Fsp3) is 0.438. The Hall–Kier alpha value is -1.81. The van der Waals surface area contributed by atoms with Gasteiger partial charge in [0.2, 0.25) is 5.91 Å². The lowest BCUT2D eigenvalue weighted by atomic mass is 10.2. The van der Waals surface area contributed by atoms with Crippen molar-refractivity contribution in [3.8, 4) is 5.75 Å². The van der Waals surface area contributed by atoms with E-state index in [9.17, 15) is 4.79 Å². The van der Waals surface area contributed by atoms with Crippen LogP contribution in [0.3, 0.4) is 0 Å². The van der Waals surface area contributed by atoms with Crippen LogP contribution in [0.5, 0.6) is 5.75 Å². The number of carbonyl (C=O) groups is 1. The molecule has 0 bridgehead atoms. The molecular formula is C16H23NO3. The summed E-state index contributed by atoms with van der Waals surface area (Å²) in [6.07, 6.45) is 4.34. The van der Waals surface area contributed by atoms with Gasteiger partial charge in [0.15, 0.2) is 0 Å². The molecule has 1 rings (SSSR count). The number of benzene rings is 1. The van der Waals surface area contributed by atoms with Crippen molar-refractivity contribution in [1.29, 1.82) is 0 Å². The first-order chi connectivity index (χ1) is 9.61. The number of rotatable bonds is 8. The summed E-state index contributed by atoms with van der Waals surface area (Å²) in [6.45, 7) is 5.27. The zero-order chi connectivity index (χ0) is 14.8. The fourth-order valence-electron chi connectivity index (χ4n) is 1.58. The average Bonchev–Trinajstić information content (AvgIpc) is 2.44. The van der Waals surface area contributed by atoms with Gasteiger partial charge in [0, 0.05) is 19.2 Å². The molecule has 4 nitrogen and oxygen atoms in total. The molecule has 0 spiro atoms. The molecule has 1 aromatic rings. The molecule has 0 aliphatic heterocycles. The summed E-state index contributed by atoms with van der Waals surface area (Å²) in [5.74, 6) is 0.677. The highest BCUT2D eigenvalue weighted by molar-refractivity contribution is 5.91. The molecule has 0 atom stereocenters. The van der Waals surface area contributed by atoms with Gasteiger partial charge in [0.1, 0.15) is 5.75 Å². The van der Waals surface area contributed by atoms with Crippen molar-refractivity contribution >= 4 is 12.0 Å². The topological polar surface area (TPSA) is 47.6 Å². The Morgan fingerprint density at radius 3 is 2.90 bits per heavy atom. The van der Waals surface area contributed by atoms with E-state index in [-0.39, 0.29) is 12.0 Å². The molecule has 4 heteroatoms. The first-order valence-corrected chi connectivity index (χ1v) is 6.83. The Labute approximate surface area is 120 Å². The maximum atomic E-state index is 11.6. The molecule has 0 radical (unpaired) electrons. The van der Waals surface area contributed by atoms with E-state index in [1.165, 1.54) is 6.08 Å². The van der Waals surface area contributed by atoms with E-state index in [1.54, 1.807) is 13.2 Å². The van der Waals surface area contributed by atoms with Gasteiger partial charge in [0.25, 0.3) is 0 Å². The number of carbonyl (C=O) groups excluding carboxylic acids is 1. The highest BCUT2D eigenvalue weighted by Gasteiger charge is 1.97. The molecule has 110 valence electrons. The third-order valence-electron chi connectivity index (χ3n) is 2.59. The molecule has 0 aliphatic rings. The average molecular weight is 277 g/mol. The lowest BCUT2D eigenvalue weighted by Gasteiger charge is -2.07. The summed E-state index contributed by atoms with van der Waals surface area (Å²) in [5, 5.41) is 2.82. The summed E-state index contributed by atoms with van der Waals surface area (Å²) in [7, 11) is 1.62. The van der Waals surface area contributed by atoms with Crippen molar-refractivity contribution in [2.24, 2.45) is 0 Å². The van der Waals surface area contributed by atoms with Crippen molar-refractivity contribution in [3.63, 3.8) is 0 Å². The zero-order valence-electron chi connectivity index (χ0n) is 12.4. The van der Waals surface area contributed by atoms with Crippen molar-refractivity contribution in [3.05, 3.63) is 35.9 Å². The Bertz CT molecular complexity index is 441. The van der Waals surface area contributed by atoms with E-state index in [4.69, 9.17) is 9.47 Å². The summed E-state index contributed by atoms with van der Waals surface area (Å²) in [4.78, 5) is 11.6. The maximum absolute atomic E-state index is 11.6. The van der Waals surface area contributed by atoms with Crippen LogP contribution in [0.15, 0.2) is 30.3 Å². The predicted octanol–water partition coefficient (Wildman–Crippen LogP) is 2.64. The molecule has 0 fully saturated rings. The van der Waals surface area contributed by atoms with Crippen LogP contribution in [0.1, 0.15) is 25.8 Å². The largest absolute Gasteiger partial charge is 0.497 e. The van der Waals surface area contributed by atoms with E-state index >= 15 is 0 Å². The smallest absolute Gasteiger partial charge is 0.244 e. The van der Waals surface area contributed by atoms with Crippen molar-refractivity contribution < 1.29 is 14.3 Å². The van der Waals surface area contributed by atoms with E-state index in [1.807, 2.05) is 38.1 Å². The minimum atomic E-state index is -0.0997. The van der Waals surface area contributed by atoms with E-state index < -0.39 is 0 Å². The number of hydrogen-bond donors (Lipinski definition) is 1. The highest BCUT2D eigenvalue weighted by atomic mass is 16.5. The van der Waals surface area contributed by atoms with Crippen LogP contribution >= 0.6 is 0 Å². The van der Waals surface area contributed by atoms with Crippen LogP contribution in [-0.2, 0) is 9.53 Å². The van der Waals surface area contributed by atoms with Gasteiger partial charge in [-0.05, 0) is 44.0 Å². The van der Waals surface area contributed by atoms with Crippen molar-refractivity contribution in [1.82, 2.24) is 5.32 Å². The quantitative estimate of drug-likeness (QED) is 0.587. The molecule has 0 saturated carbocycles. The lowest BCUT2D eigenvalue weighted by Crippen LogP contribution is -2.23. The van der Waals surface area contributed by atoms with Crippen molar-refractivity contribution in [2.75, 3.05) is 20.3 Å². The van der Waals surface area contributed by atoms with Gasteiger partial charge in [-0.2, -0.15) is 0 Å². The number of nitrogens with one attached hydrogen (secondary N) is 1. The molecule has 1 amide bonds. The maximum Gasteiger partial charge on any atom is 0.244 e. The molecule has 0 heterocycles. The van der Waals surface area contributed by atoms with Crippen molar-refractivity contribution in [2.45, 2.75) is 26.4 Å². The molecule has 0 aliphatic carbocycles. The zero-order valence-corrected chi connectivity index (χ0v) is 12.4. The normalized spacial score (nSPS) is 11.0. The second kappa shape index (κ2) is 9.15. The standard InChI is InChI=1S/C16H23NO3/c1-13(2)20-11-5-10-17-16(18)9-8-14-6-4-7-15(12-14)19-3/h4,6-9,12-13H,5,10-11H2,1-3H3,(H,17,18)/b9-8+. The van der Waals surface area contributed by atoms with Crippen LogP contribution < -0.4 is 10.1 Å². The Morgan fingerprint density at radius 1 is 1.40 bits per heavy atom. The van der Waals surface area contributed by atoms with E-state index in [0.29, 0.717) is 13.2 Å². The molecule has 1 aromatic carbocycles. The number of hydrogen-bond acceptors (Lipinski definition) is 3. The summed E-state index contributed by atoms with van der Waals surface area (Å²) >= 11 is 0. The number of methoxy groups -OCH3 is 1. The second-order valence-electron chi connectivity index (χ2n) is 4.67. The Balaban J connectivity index is 2.29. The summed E-state index contributed by atoms with van der Waals surface area (Å²) in [6, 6.07) is 7.55. The van der Waals surface area contributed by atoms with Gasteiger partial charge in [-0.25, -0.2) is 0 Å². The Morgan fingerprint density at radius 2 is 2.20 bits per heavy atom. The SMILES string of the molecule is COc1cccc(/C=C/C(=O)NCCCOC(C)C)c1. The molecule has 20 heavy (non-hydrogen) atoms. The summed E-state index contributed by atoms with van der Waals surface area (Å²) < 4.78 is 10.5. The molecule has 1 N–H and O–H groups in total. The molecule has 0 saturated heterocycles. The van der Waals surface area contributed by atoms with Crippen LogP contribution in [-0.4, -0.2) is 32.3 Å². The lowest BCUT2D eigenvalue weighted by molar-refractivity contribution is -0.116. The van der Waals surface area contributed by atoms with Crippen LogP contribution in [0.4, 0.5) is 0 Å². The highest BCUT2D eigenvalue weighted by Crippen LogP contribution is 2.13. The van der Waals surface area contributed by atoms with Crippen LogP contribution in [0.25, 0.3) is 6.08 Å². The van der Waals surface area contributed by atoms with Gasteiger partial charge >= 0.3 is 0 Å². The van der Waals surface area contributed by atoms with Gasteiger partial charge in [-0.15, -0.1) is 0 Å². The first-order valence-electron chi connectivity index (χ1n) is 6.83. The van der Waals surface area contributed by atoms with Gasteiger partial charge in [0.05, 0.1) is 13.2 Å². The van der Waals surface area contributed by atoms with Gasteiger partial charge in [-0.3, -0.25) is 4.79 Å². The third-order valence-corrected chi connectivity index (χ3v) is 2.59. The number of ether oxygens (including phenoxy) is 2. The summed E-state index contributed by atoms with van der Waals surface area (Å²) in [5.41, 5.74) is 0.933. The molecule has 0 unspecified atom stereocenters. The minimum absolute atomic E-state index is 0.0997. The van der Waals surface area contributed by atoms with E-state index in [2.05, 4.69) is 5.32 Å². The van der Waals surface area contributed by atoms with Crippen LogP contribution in [0, 0.1) is 0 Å². The molecular weight excluding hydrogens is 254 g/mol. The third kappa shape index (κ3) is 6.95. The second-order valence-corrected chi connectivity index (χ2v) is 4.67. The predicted molar refractivity (Wildman–Crippen MR) is 80.7 cm³/mol. The minimum Gasteiger partial charge on any atom is -0.497 e. The number of amides is 1. The monoisotopic (exact) mass is 277 g/mol. The van der Waals surface area contributed by atoms with Gasteiger partial charge < -0.3 is 14.8 Å². The Kier molecular flexibility index (Phi) is 7.43. The van der Waals surface area contributed by atoms with Gasteiger partial charge in [-0.1, -0.05) is 12.1 Å². The fourth-order valence-corrected chi connectivity index (χ4v) is 1.58. The first kappa shape index (κ1) is 16.2.